The van der Waals surface area contributed by atoms with E-state index in [0.29, 0.717) is 6.61 Å². The maximum atomic E-state index is 11.1. The van der Waals surface area contributed by atoms with Crippen molar-refractivity contribution in [2.24, 2.45) is 0 Å². The molecule has 0 atom stereocenters. The predicted molar refractivity (Wildman–Crippen MR) is 85.8 cm³/mol. The molecule has 1 heterocycles. The van der Waals surface area contributed by atoms with Crippen LogP contribution in [0.25, 0.3) is 11.3 Å². The zero-order chi connectivity index (χ0) is 15.4. The van der Waals surface area contributed by atoms with Gasteiger partial charge in [-0.2, -0.15) is 5.10 Å². The van der Waals surface area contributed by atoms with Gasteiger partial charge in [0.15, 0.2) is 0 Å². The summed E-state index contributed by atoms with van der Waals surface area (Å²) in [4.78, 5) is 11.1. The van der Waals surface area contributed by atoms with Crippen LogP contribution in [0.15, 0.2) is 65.5 Å². The van der Waals surface area contributed by atoms with Gasteiger partial charge in [-0.1, -0.05) is 30.3 Å². The predicted octanol–water partition coefficient (Wildman–Crippen LogP) is 3.32. The topological polar surface area (TPSA) is 55.0 Å². The molecule has 22 heavy (non-hydrogen) atoms. The van der Waals surface area contributed by atoms with Crippen LogP contribution in [-0.2, 0) is 6.61 Å². The zero-order valence-corrected chi connectivity index (χ0v) is 12.2. The Labute approximate surface area is 128 Å². The van der Waals surface area contributed by atoms with Gasteiger partial charge in [0.2, 0.25) is 0 Å². The van der Waals surface area contributed by atoms with Crippen molar-refractivity contribution in [2.45, 2.75) is 13.5 Å². The standard InChI is InChI=1S/C18H16N2O2/c1-13-11-15(16-8-10-18(21)20-19-16)7-9-17(13)22-12-14-5-3-2-4-6-14/h2-11H,12H2,1H3,(H,20,21). The van der Waals surface area contributed by atoms with E-state index in [-0.39, 0.29) is 5.56 Å². The minimum absolute atomic E-state index is 0.205. The molecule has 1 aromatic heterocycles. The van der Waals surface area contributed by atoms with Gasteiger partial charge in [-0.15, -0.1) is 0 Å². The molecule has 0 spiro atoms. The molecule has 4 nitrogen and oxygen atoms in total. The van der Waals surface area contributed by atoms with Crippen molar-refractivity contribution in [1.82, 2.24) is 10.2 Å². The van der Waals surface area contributed by atoms with Crippen molar-refractivity contribution in [3.8, 4) is 17.0 Å². The first kappa shape index (κ1) is 14.1. The Hall–Kier alpha value is -2.88. The Morgan fingerprint density at radius 2 is 1.86 bits per heavy atom. The van der Waals surface area contributed by atoms with Crippen LogP contribution in [0.2, 0.25) is 0 Å². The van der Waals surface area contributed by atoms with E-state index in [0.717, 1.165) is 28.1 Å². The zero-order valence-electron chi connectivity index (χ0n) is 12.2. The van der Waals surface area contributed by atoms with Gasteiger partial charge in [0, 0.05) is 11.6 Å². The Balaban J connectivity index is 1.77. The highest BCUT2D eigenvalue weighted by Gasteiger charge is 2.05. The highest BCUT2D eigenvalue weighted by molar-refractivity contribution is 5.61. The SMILES string of the molecule is Cc1cc(-c2ccc(=O)[nH]n2)ccc1OCc1ccccc1. The summed E-state index contributed by atoms with van der Waals surface area (Å²) in [6, 6.07) is 19.1. The number of ether oxygens (including phenoxy) is 1. The fourth-order valence-corrected chi connectivity index (χ4v) is 2.21. The normalized spacial score (nSPS) is 10.4. The van der Waals surface area contributed by atoms with Crippen LogP contribution in [0.1, 0.15) is 11.1 Å². The molecule has 0 saturated carbocycles. The van der Waals surface area contributed by atoms with Gasteiger partial charge >= 0.3 is 0 Å². The Kier molecular flexibility index (Phi) is 4.01. The molecule has 4 heteroatoms. The van der Waals surface area contributed by atoms with Crippen molar-refractivity contribution in [1.29, 1.82) is 0 Å². The maximum Gasteiger partial charge on any atom is 0.264 e. The van der Waals surface area contributed by atoms with Crippen molar-refractivity contribution in [2.75, 3.05) is 0 Å². The number of rotatable bonds is 4. The highest BCUT2D eigenvalue weighted by Crippen LogP contribution is 2.25. The molecular formula is C18H16N2O2. The van der Waals surface area contributed by atoms with E-state index in [9.17, 15) is 4.79 Å². The molecule has 0 fully saturated rings. The van der Waals surface area contributed by atoms with E-state index < -0.39 is 0 Å². The lowest BCUT2D eigenvalue weighted by atomic mass is 10.1. The second kappa shape index (κ2) is 6.26. The number of aromatic nitrogens is 2. The summed E-state index contributed by atoms with van der Waals surface area (Å²) in [5, 5.41) is 6.48. The van der Waals surface area contributed by atoms with E-state index in [1.54, 1.807) is 6.07 Å². The lowest BCUT2D eigenvalue weighted by molar-refractivity contribution is 0.304. The number of H-pyrrole nitrogens is 1. The summed E-state index contributed by atoms with van der Waals surface area (Å²) in [7, 11) is 0. The van der Waals surface area contributed by atoms with Crippen molar-refractivity contribution in [3.63, 3.8) is 0 Å². The van der Waals surface area contributed by atoms with E-state index >= 15 is 0 Å². The molecule has 0 saturated heterocycles. The molecule has 110 valence electrons. The van der Waals surface area contributed by atoms with E-state index in [1.807, 2.05) is 55.5 Å². The summed E-state index contributed by atoms with van der Waals surface area (Å²) >= 11 is 0. The van der Waals surface area contributed by atoms with Crippen LogP contribution in [0.4, 0.5) is 0 Å². The number of benzene rings is 2. The number of nitrogens with one attached hydrogen (secondary N) is 1. The average molecular weight is 292 g/mol. The minimum Gasteiger partial charge on any atom is -0.489 e. The van der Waals surface area contributed by atoms with Gasteiger partial charge in [0.25, 0.3) is 5.56 Å². The smallest absolute Gasteiger partial charge is 0.264 e. The Morgan fingerprint density at radius 3 is 2.55 bits per heavy atom. The van der Waals surface area contributed by atoms with E-state index in [2.05, 4.69) is 10.2 Å². The number of hydrogen-bond donors (Lipinski definition) is 1. The molecule has 0 amide bonds. The van der Waals surface area contributed by atoms with Crippen LogP contribution in [-0.4, -0.2) is 10.2 Å². The van der Waals surface area contributed by atoms with Crippen LogP contribution >= 0.6 is 0 Å². The van der Waals surface area contributed by atoms with Gasteiger partial charge in [-0.3, -0.25) is 4.79 Å². The van der Waals surface area contributed by atoms with E-state index in [4.69, 9.17) is 4.74 Å². The van der Waals surface area contributed by atoms with Crippen LogP contribution in [0.3, 0.4) is 0 Å². The second-order valence-corrected chi connectivity index (χ2v) is 5.06. The summed E-state index contributed by atoms with van der Waals surface area (Å²) in [6.07, 6.45) is 0. The molecule has 3 aromatic rings. The van der Waals surface area contributed by atoms with Crippen molar-refractivity contribution >= 4 is 0 Å². The molecule has 0 aliphatic heterocycles. The number of aromatic amines is 1. The first-order valence-electron chi connectivity index (χ1n) is 7.06. The maximum absolute atomic E-state index is 11.1. The largest absolute Gasteiger partial charge is 0.489 e. The van der Waals surface area contributed by atoms with Crippen molar-refractivity contribution < 1.29 is 4.74 Å². The lowest BCUT2D eigenvalue weighted by Crippen LogP contribution is -2.05. The van der Waals surface area contributed by atoms with Gasteiger partial charge in [-0.25, -0.2) is 5.10 Å². The number of aryl methyl sites for hydroxylation is 1. The summed E-state index contributed by atoms with van der Waals surface area (Å²) < 4.78 is 5.85. The number of hydrogen-bond acceptors (Lipinski definition) is 3. The summed E-state index contributed by atoms with van der Waals surface area (Å²) in [6.45, 7) is 2.54. The lowest BCUT2D eigenvalue weighted by Gasteiger charge is -2.10. The van der Waals surface area contributed by atoms with Crippen LogP contribution in [0, 0.1) is 6.92 Å². The van der Waals surface area contributed by atoms with Gasteiger partial charge in [0.1, 0.15) is 12.4 Å². The van der Waals surface area contributed by atoms with Crippen molar-refractivity contribution in [3.05, 3.63) is 82.1 Å². The molecule has 0 radical (unpaired) electrons. The van der Waals surface area contributed by atoms with Gasteiger partial charge < -0.3 is 4.74 Å². The first-order chi connectivity index (χ1) is 10.7. The Bertz CT molecular complexity index is 805. The molecule has 3 rings (SSSR count). The number of nitrogens with zero attached hydrogens (tertiary/aromatic N) is 1. The average Bonchev–Trinajstić information content (AvgIpc) is 2.55. The quantitative estimate of drug-likeness (QED) is 0.802. The molecule has 0 bridgehead atoms. The fraction of sp³-hybridized carbons (Fsp3) is 0.111. The monoisotopic (exact) mass is 292 g/mol. The third kappa shape index (κ3) is 3.23. The molecular weight excluding hydrogens is 276 g/mol. The molecule has 0 aliphatic carbocycles. The second-order valence-electron chi connectivity index (χ2n) is 5.06. The molecule has 0 unspecified atom stereocenters. The highest BCUT2D eigenvalue weighted by atomic mass is 16.5. The summed E-state index contributed by atoms with van der Waals surface area (Å²) in [5.74, 6) is 0.844. The molecule has 1 N–H and O–H groups in total. The third-order valence-electron chi connectivity index (χ3n) is 3.39. The fourth-order valence-electron chi connectivity index (χ4n) is 2.21. The van der Waals surface area contributed by atoms with Gasteiger partial charge in [0.05, 0.1) is 5.69 Å². The third-order valence-corrected chi connectivity index (χ3v) is 3.39. The molecule has 0 aliphatic rings. The van der Waals surface area contributed by atoms with Crippen LogP contribution < -0.4 is 10.3 Å². The summed E-state index contributed by atoms with van der Waals surface area (Å²) in [5.41, 5.74) is 3.64. The Morgan fingerprint density at radius 1 is 1.05 bits per heavy atom. The first-order valence-corrected chi connectivity index (χ1v) is 7.06. The van der Waals surface area contributed by atoms with Gasteiger partial charge in [-0.05, 0) is 42.3 Å². The molecule has 2 aromatic carbocycles. The van der Waals surface area contributed by atoms with E-state index in [1.165, 1.54) is 6.07 Å². The van der Waals surface area contributed by atoms with Crippen LogP contribution in [0.5, 0.6) is 5.75 Å². The minimum atomic E-state index is -0.205.